The molecule has 1 aromatic carbocycles. The van der Waals surface area contributed by atoms with Crippen molar-refractivity contribution in [1.82, 2.24) is 4.90 Å². The van der Waals surface area contributed by atoms with Crippen LogP contribution >= 0.6 is 0 Å². The lowest BCUT2D eigenvalue weighted by Crippen LogP contribution is -2.32. The molecule has 0 aliphatic rings. The Bertz CT molecular complexity index is 359. The second-order valence-corrected chi connectivity index (χ2v) is 4.71. The molecule has 1 rings (SSSR count). The predicted molar refractivity (Wildman–Crippen MR) is 67.4 cm³/mol. The fraction of sp³-hybridized carbons (Fsp3) is 0.538. The number of hydrogen-bond acceptors (Lipinski definition) is 2. The van der Waals surface area contributed by atoms with E-state index in [0.29, 0.717) is 18.7 Å². The second-order valence-electron chi connectivity index (χ2n) is 4.71. The van der Waals surface area contributed by atoms with E-state index >= 15 is 0 Å². The molecule has 0 aromatic heterocycles. The number of hydrogen-bond donors (Lipinski definition) is 1. The standard InChI is InChI=1S/C13H19F3N2/c1-10(11-3-5-12(17)6-4-11)7-8-18(2)9-13(14,15)16/h3-6,10H,7-9,17H2,1-2H3. The molecule has 0 saturated heterocycles. The van der Waals surface area contributed by atoms with Crippen LogP contribution in [0, 0.1) is 0 Å². The largest absolute Gasteiger partial charge is 0.401 e. The molecule has 2 N–H and O–H groups in total. The summed E-state index contributed by atoms with van der Waals surface area (Å²) in [5, 5.41) is 0. The van der Waals surface area contributed by atoms with Gasteiger partial charge in [0.05, 0.1) is 6.54 Å². The summed E-state index contributed by atoms with van der Waals surface area (Å²) in [4.78, 5) is 1.30. The van der Waals surface area contributed by atoms with Crippen LogP contribution in [-0.2, 0) is 0 Å². The van der Waals surface area contributed by atoms with Crippen molar-refractivity contribution >= 4 is 5.69 Å². The zero-order valence-corrected chi connectivity index (χ0v) is 10.7. The van der Waals surface area contributed by atoms with Crippen LogP contribution < -0.4 is 5.73 Å². The zero-order valence-electron chi connectivity index (χ0n) is 10.7. The minimum absolute atomic E-state index is 0.223. The molecule has 0 spiro atoms. The van der Waals surface area contributed by atoms with Crippen LogP contribution in [0.4, 0.5) is 18.9 Å². The number of halogens is 3. The van der Waals surface area contributed by atoms with Gasteiger partial charge in [0.15, 0.2) is 0 Å². The molecule has 2 nitrogen and oxygen atoms in total. The summed E-state index contributed by atoms with van der Waals surface area (Å²) in [6, 6.07) is 7.46. The number of alkyl halides is 3. The number of nitrogens with zero attached hydrogens (tertiary/aromatic N) is 1. The highest BCUT2D eigenvalue weighted by Gasteiger charge is 2.28. The van der Waals surface area contributed by atoms with Gasteiger partial charge in [0.25, 0.3) is 0 Å². The molecule has 1 atom stereocenters. The maximum absolute atomic E-state index is 12.1. The molecule has 0 radical (unpaired) electrons. The van der Waals surface area contributed by atoms with Crippen LogP contribution in [0.5, 0.6) is 0 Å². The Balaban J connectivity index is 2.41. The Morgan fingerprint density at radius 2 is 1.78 bits per heavy atom. The summed E-state index contributed by atoms with van der Waals surface area (Å²) in [5.41, 5.74) is 7.38. The summed E-state index contributed by atoms with van der Waals surface area (Å²) in [6.07, 6.45) is -3.43. The van der Waals surface area contributed by atoms with Crippen LogP contribution in [0.25, 0.3) is 0 Å². The van der Waals surface area contributed by atoms with Gasteiger partial charge in [0.2, 0.25) is 0 Å². The van der Waals surface area contributed by atoms with Crippen LogP contribution in [0.3, 0.4) is 0 Å². The second kappa shape index (κ2) is 6.09. The Hall–Kier alpha value is -1.23. The first kappa shape index (κ1) is 14.8. The smallest absolute Gasteiger partial charge is 0.399 e. The third-order valence-electron chi connectivity index (χ3n) is 2.90. The Morgan fingerprint density at radius 1 is 1.22 bits per heavy atom. The van der Waals surface area contributed by atoms with Crippen LogP contribution in [-0.4, -0.2) is 31.2 Å². The summed E-state index contributed by atoms with van der Waals surface area (Å²) >= 11 is 0. The monoisotopic (exact) mass is 260 g/mol. The van der Waals surface area contributed by atoms with Gasteiger partial charge in [-0.2, -0.15) is 13.2 Å². The van der Waals surface area contributed by atoms with Crippen molar-refractivity contribution in [1.29, 1.82) is 0 Å². The molecular weight excluding hydrogens is 241 g/mol. The molecule has 0 bridgehead atoms. The van der Waals surface area contributed by atoms with Crippen molar-refractivity contribution in [2.24, 2.45) is 0 Å². The molecule has 0 aliphatic heterocycles. The van der Waals surface area contributed by atoms with Crippen molar-refractivity contribution in [3.8, 4) is 0 Å². The Kier molecular flexibility index (Phi) is 5.02. The van der Waals surface area contributed by atoms with Gasteiger partial charge < -0.3 is 5.73 Å². The average molecular weight is 260 g/mol. The maximum atomic E-state index is 12.1. The van der Waals surface area contributed by atoms with Gasteiger partial charge in [0, 0.05) is 5.69 Å². The third-order valence-corrected chi connectivity index (χ3v) is 2.90. The summed E-state index contributed by atoms with van der Waals surface area (Å²) in [7, 11) is 1.49. The fourth-order valence-corrected chi connectivity index (χ4v) is 1.79. The summed E-state index contributed by atoms with van der Waals surface area (Å²) in [5.74, 6) is 0.223. The van der Waals surface area contributed by atoms with Gasteiger partial charge in [-0.15, -0.1) is 0 Å². The number of benzene rings is 1. The van der Waals surface area contributed by atoms with Crippen LogP contribution in [0.2, 0.25) is 0 Å². The quantitative estimate of drug-likeness (QED) is 0.823. The Labute approximate surface area is 106 Å². The van der Waals surface area contributed by atoms with E-state index in [9.17, 15) is 13.2 Å². The van der Waals surface area contributed by atoms with E-state index in [1.807, 2.05) is 31.2 Å². The first-order chi connectivity index (χ1) is 8.28. The third kappa shape index (κ3) is 5.40. The molecule has 5 heteroatoms. The number of nitrogens with two attached hydrogens (primary N) is 1. The lowest BCUT2D eigenvalue weighted by molar-refractivity contribution is -0.143. The first-order valence-electron chi connectivity index (χ1n) is 5.88. The molecule has 0 fully saturated rings. The topological polar surface area (TPSA) is 29.3 Å². The highest BCUT2D eigenvalue weighted by Crippen LogP contribution is 2.21. The fourth-order valence-electron chi connectivity index (χ4n) is 1.79. The summed E-state index contributed by atoms with van der Waals surface area (Å²) < 4.78 is 36.4. The summed E-state index contributed by atoms with van der Waals surface area (Å²) in [6.45, 7) is 1.57. The van der Waals surface area contributed by atoms with Gasteiger partial charge in [-0.1, -0.05) is 19.1 Å². The molecule has 0 saturated carbocycles. The van der Waals surface area contributed by atoms with Gasteiger partial charge >= 0.3 is 6.18 Å². The molecule has 18 heavy (non-hydrogen) atoms. The lowest BCUT2D eigenvalue weighted by atomic mass is 9.97. The number of rotatable bonds is 5. The zero-order chi connectivity index (χ0) is 13.8. The SMILES string of the molecule is CC(CCN(C)CC(F)(F)F)c1ccc(N)cc1. The van der Waals surface area contributed by atoms with E-state index in [0.717, 1.165) is 5.56 Å². The van der Waals surface area contributed by atoms with Gasteiger partial charge in [0.1, 0.15) is 0 Å². The minimum Gasteiger partial charge on any atom is -0.399 e. The molecule has 1 unspecified atom stereocenters. The van der Waals surface area contributed by atoms with E-state index in [1.165, 1.54) is 11.9 Å². The molecule has 0 heterocycles. The van der Waals surface area contributed by atoms with Crippen molar-refractivity contribution in [2.75, 3.05) is 25.9 Å². The van der Waals surface area contributed by atoms with Crippen molar-refractivity contribution in [2.45, 2.75) is 25.4 Å². The molecule has 0 amide bonds. The van der Waals surface area contributed by atoms with Gasteiger partial charge in [-0.05, 0) is 43.6 Å². The average Bonchev–Trinajstić information content (AvgIpc) is 2.24. The van der Waals surface area contributed by atoms with Crippen molar-refractivity contribution < 1.29 is 13.2 Å². The molecule has 0 aliphatic carbocycles. The molecular formula is C13H19F3N2. The lowest BCUT2D eigenvalue weighted by Gasteiger charge is -2.20. The normalized spacial score (nSPS) is 13.9. The van der Waals surface area contributed by atoms with Gasteiger partial charge in [-0.3, -0.25) is 4.90 Å². The van der Waals surface area contributed by atoms with Crippen LogP contribution in [0.1, 0.15) is 24.8 Å². The molecule has 1 aromatic rings. The highest BCUT2D eigenvalue weighted by atomic mass is 19.4. The molecule has 102 valence electrons. The maximum Gasteiger partial charge on any atom is 0.401 e. The van der Waals surface area contributed by atoms with E-state index in [4.69, 9.17) is 5.73 Å². The number of nitrogen functional groups attached to an aromatic ring is 1. The van der Waals surface area contributed by atoms with E-state index in [-0.39, 0.29) is 5.92 Å². The minimum atomic E-state index is -4.13. The van der Waals surface area contributed by atoms with Gasteiger partial charge in [-0.25, -0.2) is 0 Å². The van der Waals surface area contributed by atoms with E-state index < -0.39 is 12.7 Å². The predicted octanol–water partition coefficient (Wildman–Crippen LogP) is 3.26. The van der Waals surface area contributed by atoms with E-state index in [1.54, 1.807) is 0 Å². The van der Waals surface area contributed by atoms with Crippen molar-refractivity contribution in [3.63, 3.8) is 0 Å². The Morgan fingerprint density at radius 3 is 2.28 bits per heavy atom. The number of anilines is 1. The highest BCUT2D eigenvalue weighted by molar-refractivity contribution is 5.40. The van der Waals surface area contributed by atoms with E-state index in [2.05, 4.69) is 0 Å². The van der Waals surface area contributed by atoms with Crippen molar-refractivity contribution in [3.05, 3.63) is 29.8 Å². The first-order valence-corrected chi connectivity index (χ1v) is 5.88. The van der Waals surface area contributed by atoms with Crippen LogP contribution in [0.15, 0.2) is 24.3 Å².